The number of anilines is 1. The van der Waals surface area contributed by atoms with Gasteiger partial charge in [0.1, 0.15) is 0 Å². The van der Waals surface area contributed by atoms with Crippen LogP contribution in [0.25, 0.3) is 0 Å². The lowest BCUT2D eigenvalue weighted by atomic mass is 9.96. The molecule has 0 unspecified atom stereocenters. The van der Waals surface area contributed by atoms with Gasteiger partial charge >= 0.3 is 0 Å². The van der Waals surface area contributed by atoms with Crippen molar-refractivity contribution in [3.05, 3.63) is 42.2 Å². The Hall–Kier alpha value is -2.96. The number of carbonyl (C=O) groups is 1. The number of piperidine rings is 1. The maximum atomic E-state index is 12.7. The molecule has 0 bridgehead atoms. The first-order valence-electron chi connectivity index (χ1n) is 9.40. The van der Waals surface area contributed by atoms with E-state index in [0.29, 0.717) is 35.3 Å². The number of aromatic nitrogens is 1. The van der Waals surface area contributed by atoms with Crippen LogP contribution < -0.4 is 24.4 Å². The number of nitrogens with one attached hydrogen (secondary N) is 1. The Balaban J connectivity index is 1.58. The van der Waals surface area contributed by atoms with E-state index in [-0.39, 0.29) is 5.91 Å². The second-order valence-electron chi connectivity index (χ2n) is 6.73. The summed E-state index contributed by atoms with van der Waals surface area (Å²) in [5, 5.41) is 3.04. The van der Waals surface area contributed by atoms with Crippen LogP contribution >= 0.6 is 0 Å². The smallest absolute Gasteiger partial charge is 0.255 e. The van der Waals surface area contributed by atoms with Crippen molar-refractivity contribution in [2.45, 2.75) is 12.8 Å². The summed E-state index contributed by atoms with van der Waals surface area (Å²) in [6.45, 7) is 2.59. The lowest BCUT2D eigenvalue weighted by Crippen LogP contribution is -2.38. The molecule has 0 radical (unpaired) electrons. The Kier molecular flexibility index (Phi) is 6.57. The zero-order valence-electron chi connectivity index (χ0n) is 16.6. The lowest BCUT2D eigenvalue weighted by molar-refractivity contribution is 0.0941. The normalized spacial score (nSPS) is 14.5. The monoisotopic (exact) mass is 385 g/mol. The largest absolute Gasteiger partial charge is 0.493 e. The van der Waals surface area contributed by atoms with E-state index in [1.165, 1.54) is 19.9 Å². The van der Waals surface area contributed by atoms with E-state index in [0.717, 1.165) is 25.9 Å². The minimum absolute atomic E-state index is 0.172. The van der Waals surface area contributed by atoms with Gasteiger partial charge in [-0.05, 0) is 43.0 Å². The SMILES string of the molecule is COc1ccc(C(=O)NCC2CCN(c3ccncc3)CC2)c(OC)c1OC. The molecule has 1 aliphatic rings. The van der Waals surface area contributed by atoms with Gasteiger partial charge in [0.05, 0.1) is 26.9 Å². The summed E-state index contributed by atoms with van der Waals surface area (Å²) in [6.07, 6.45) is 5.70. The van der Waals surface area contributed by atoms with Crippen molar-refractivity contribution in [3.63, 3.8) is 0 Å². The van der Waals surface area contributed by atoms with Gasteiger partial charge in [-0.1, -0.05) is 0 Å². The fourth-order valence-corrected chi connectivity index (χ4v) is 3.56. The van der Waals surface area contributed by atoms with Crippen molar-refractivity contribution >= 4 is 11.6 Å². The highest BCUT2D eigenvalue weighted by Crippen LogP contribution is 2.39. The second kappa shape index (κ2) is 9.30. The maximum Gasteiger partial charge on any atom is 0.255 e. The molecule has 7 heteroatoms. The molecule has 0 atom stereocenters. The zero-order chi connectivity index (χ0) is 19.9. The highest BCUT2D eigenvalue weighted by Gasteiger charge is 2.23. The van der Waals surface area contributed by atoms with Gasteiger partial charge in [0.25, 0.3) is 5.91 Å². The Morgan fingerprint density at radius 2 is 1.71 bits per heavy atom. The van der Waals surface area contributed by atoms with Gasteiger partial charge in [0.15, 0.2) is 11.5 Å². The number of nitrogens with zero attached hydrogens (tertiary/aromatic N) is 2. The third kappa shape index (κ3) is 4.30. The van der Waals surface area contributed by atoms with Crippen LogP contribution in [-0.2, 0) is 0 Å². The molecule has 0 spiro atoms. The molecule has 1 fully saturated rings. The van der Waals surface area contributed by atoms with E-state index in [2.05, 4.69) is 15.2 Å². The molecule has 1 saturated heterocycles. The molecule has 1 aromatic carbocycles. The quantitative estimate of drug-likeness (QED) is 0.790. The predicted molar refractivity (Wildman–Crippen MR) is 108 cm³/mol. The first-order chi connectivity index (χ1) is 13.7. The minimum Gasteiger partial charge on any atom is -0.493 e. The van der Waals surface area contributed by atoms with Crippen LogP contribution in [0.3, 0.4) is 0 Å². The van der Waals surface area contributed by atoms with Crippen molar-refractivity contribution in [2.24, 2.45) is 5.92 Å². The van der Waals surface area contributed by atoms with Gasteiger partial charge in [-0.3, -0.25) is 9.78 Å². The molecule has 150 valence electrons. The van der Waals surface area contributed by atoms with Crippen LogP contribution in [0.4, 0.5) is 5.69 Å². The number of hydrogen-bond donors (Lipinski definition) is 1. The second-order valence-corrected chi connectivity index (χ2v) is 6.73. The fraction of sp³-hybridized carbons (Fsp3) is 0.429. The van der Waals surface area contributed by atoms with E-state index < -0.39 is 0 Å². The molecule has 0 saturated carbocycles. The van der Waals surface area contributed by atoms with Crippen molar-refractivity contribution in [2.75, 3.05) is 45.9 Å². The summed E-state index contributed by atoms with van der Waals surface area (Å²) in [6, 6.07) is 7.47. The van der Waals surface area contributed by atoms with Gasteiger partial charge in [-0.2, -0.15) is 0 Å². The third-order valence-corrected chi connectivity index (χ3v) is 5.14. The highest BCUT2D eigenvalue weighted by atomic mass is 16.5. The van der Waals surface area contributed by atoms with Crippen LogP contribution in [0, 0.1) is 5.92 Å². The Morgan fingerprint density at radius 3 is 2.32 bits per heavy atom. The maximum absolute atomic E-state index is 12.7. The summed E-state index contributed by atoms with van der Waals surface area (Å²) in [5.74, 6) is 1.61. The number of amides is 1. The van der Waals surface area contributed by atoms with Crippen molar-refractivity contribution in [3.8, 4) is 17.2 Å². The number of rotatable bonds is 7. The van der Waals surface area contributed by atoms with Gasteiger partial charge in [-0.25, -0.2) is 0 Å². The Bertz CT molecular complexity index is 790. The lowest BCUT2D eigenvalue weighted by Gasteiger charge is -2.33. The van der Waals surface area contributed by atoms with Crippen molar-refractivity contribution < 1.29 is 19.0 Å². The third-order valence-electron chi connectivity index (χ3n) is 5.14. The standard InChI is InChI=1S/C21H27N3O4/c1-26-18-5-4-17(19(27-2)20(18)28-3)21(25)23-14-15-8-12-24(13-9-15)16-6-10-22-11-7-16/h4-7,10-11,15H,8-9,12-14H2,1-3H3,(H,23,25). The molecule has 2 heterocycles. The molecule has 7 nitrogen and oxygen atoms in total. The number of carbonyl (C=O) groups excluding carboxylic acids is 1. The average Bonchev–Trinajstić information content (AvgIpc) is 2.77. The van der Waals surface area contributed by atoms with Crippen LogP contribution in [0.15, 0.2) is 36.7 Å². The molecule has 1 aliphatic heterocycles. The summed E-state index contributed by atoms with van der Waals surface area (Å²) >= 11 is 0. The summed E-state index contributed by atoms with van der Waals surface area (Å²) < 4.78 is 16.0. The molecule has 1 aromatic heterocycles. The predicted octanol–water partition coefficient (Wildman–Crippen LogP) is 2.75. The number of ether oxygens (including phenoxy) is 3. The van der Waals surface area contributed by atoms with Gasteiger partial charge < -0.3 is 24.4 Å². The van der Waals surface area contributed by atoms with E-state index in [1.807, 2.05) is 24.5 Å². The number of benzene rings is 1. The molecule has 1 amide bonds. The topological polar surface area (TPSA) is 72.9 Å². The van der Waals surface area contributed by atoms with Crippen LogP contribution in [0.2, 0.25) is 0 Å². The molecule has 28 heavy (non-hydrogen) atoms. The van der Waals surface area contributed by atoms with E-state index >= 15 is 0 Å². The summed E-state index contributed by atoms with van der Waals surface area (Å²) in [4.78, 5) is 19.1. The minimum atomic E-state index is -0.172. The Labute approximate surface area is 165 Å². The van der Waals surface area contributed by atoms with Crippen molar-refractivity contribution in [1.82, 2.24) is 10.3 Å². The van der Waals surface area contributed by atoms with E-state index in [4.69, 9.17) is 14.2 Å². The van der Waals surface area contributed by atoms with Crippen LogP contribution in [0.1, 0.15) is 23.2 Å². The molecular formula is C21H27N3O4. The number of methoxy groups -OCH3 is 3. The summed E-state index contributed by atoms with van der Waals surface area (Å²) in [5.41, 5.74) is 1.64. The molecular weight excluding hydrogens is 358 g/mol. The zero-order valence-corrected chi connectivity index (χ0v) is 16.6. The van der Waals surface area contributed by atoms with Crippen LogP contribution in [-0.4, -0.2) is 51.9 Å². The number of hydrogen-bond acceptors (Lipinski definition) is 6. The number of pyridine rings is 1. The molecule has 1 N–H and O–H groups in total. The fourth-order valence-electron chi connectivity index (χ4n) is 3.56. The Morgan fingerprint density at radius 1 is 1.04 bits per heavy atom. The van der Waals surface area contributed by atoms with Gasteiger partial charge in [-0.15, -0.1) is 0 Å². The van der Waals surface area contributed by atoms with Gasteiger partial charge in [0.2, 0.25) is 5.75 Å². The van der Waals surface area contributed by atoms with Crippen LogP contribution in [0.5, 0.6) is 17.2 Å². The molecule has 0 aliphatic carbocycles. The van der Waals surface area contributed by atoms with Gasteiger partial charge in [0, 0.05) is 37.7 Å². The molecule has 3 rings (SSSR count). The van der Waals surface area contributed by atoms with E-state index in [1.54, 1.807) is 19.2 Å². The van der Waals surface area contributed by atoms with Crippen molar-refractivity contribution in [1.29, 1.82) is 0 Å². The van der Waals surface area contributed by atoms with E-state index in [9.17, 15) is 4.79 Å². The first kappa shape index (κ1) is 19.8. The average molecular weight is 385 g/mol. The molecule has 2 aromatic rings. The summed E-state index contributed by atoms with van der Waals surface area (Å²) in [7, 11) is 4.59. The highest BCUT2D eigenvalue weighted by molar-refractivity contribution is 5.98. The first-order valence-corrected chi connectivity index (χ1v) is 9.40.